The van der Waals surface area contributed by atoms with Gasteiger partial charge in [-0.1, -0.05) is 40.5 Å². The molecule has 3 rings (SSSR count). The summed E-state index contributed by atoms with van der Waals surface area (Å²) in [7, 11) is 0. The SMILES string of the molecule is [O]c1cc(Cl)c2c(-c3ccccc3F)noc2c1Cl. The van der Waals surface area contributed by atoms with E-state index in [-0.39, 0.29) is 26.9 Å². The lowest BCUT2D eigenvalue weighted by Crippen LogP contribution is -1.84. The van der Waals surface area contributed by atoms with Crippen molar-refractivity contribution in [2.24, 2.45) is 0 Å². The van der Waals surface area contributed by atoms with Gasteiger partial charge < -0.3 is 4.52 Å². The van der Waals surface area contributed by atoms with E-state index in [1.165, 1.54) is 6.07 Å². The van der Waals surface area contributed by atoms with Gasteiger partial charge in [0, 0.05) is 11.6 Å². The van der Waals surface area contributed by atoms with Crippen LogP contribution < -0.4 is 0 Å². The van der Waals surface area contributed by atoms with Crippen LogP contribution in [0.4, 0.5) is 4.39 Å². The van der Waals surface area contributed by atoms with Crippen LogP contribution in [0.15, 0.2) is 34.9 Å². The third-order valence-corrected chi connectivity index (χ3v) is 3.39. The maximum absolute atomic E-state index is 13.8. The van der Waals surface area contributed by atoms with E-state index in [0.29, 0.717) is 5.39 Å². The van der Waals surface area contributed by atoms with Gasteiger partial charge in [-0.05, 0) is 12.1 Å². The quantitative estimate of drug-likeness (QED) is 0.628. The molecule has 19 heavy (non-hydrogen) atoms. The number of hydrogen-bond donors (Lipinski definition) is 0. The second-order valence-corrected chi connectivity index (χ2v) is 4.67. The average molecular weight is 297 g/mol. The molecule has 3 aromatic rings. The van der Waals surface area contributed by atoms with Crippen molar-refractivity contribution in [1.29, 1.82) is 0 Å². The second-order valence-electron chi connectivity index (χ2n) is 3.89. The molecule has 95 valence electrons. The average Bonchev–Trinajstić information content (AvgIpc) is 2.82. The molecule has 1 radical (unpaired) electrons. The normalized spacial score (nSPS) is 11.1. The van der Waals surface area contributed by atoms with Crippen molar-refractivity contribution >= 4 is 34.2 Å². The van der Waals surface area contributed by atoms with Crippen LogP contribution in [0.1, 0.15) is 0 Å². The summed E-state index contributed by atoms with van der Waals surface area (Å²) in [6, 6.07) is 7.23. The van der Waals surface area contributed by atoms with Crippen LogP contribution in [0.25, 0.3) is 22.2 Å². The molecule has 1 heterocycles. The molecule has 0 bridgehead atoms. The molecule has 0 amide bonds. The fourth-order valence-corrected chi connectivity index (χ4v) is 2.32. The van der Waals surface area contributed by atoms with Crippen molar-refractivity contribution in [2.75, 3.05) is 0 Å². The summed E-state index contributed by atoms with van der Waals surface area (Å²) < 4.78 is 18.8. The van der Waals surface area contributed by atoms with E-state index in [0.717, 1.165) is 6.07 Å². The van der Waals surface area contributed by atoms with E-state index in [9.17, 15) is 9.50 Å². The van der Waals surface area contributed by atoms with E-state index >= 15 is 0 Å². The van der Waals surface area contributed by atoms with E-state index in [2.05, 4.69) is 5.16 Å². The van der Waals surface area contributed by atoms with Crippen LogP contribution in [-0.4, -0.2) is 5.16 Å². The predicted molar refractivity (Wildman–Crippen MR) is 69.6 cm³/mol. The number of nitrogens with zero attached hydrogens (tertiary/aromatic N) is 1. The molecule has 2 aromatic carbocycles. The van der Waals surface area contributed by atoms with Gasteiger partial charge in [-0.3, -0.25) is 5.11 Å². The lowest BCUT2D eigenvalue weighted by molar-refractivity contribution is 0.354. The highest BCUT2D eigenvalue weighted by atomic mass is 35.5. The minimum Gasteiger partial charge on any atom is -0.354 e. The molecule has 0 saturated carbocycles. The molecule has 0 unspecified atom stereocenters. The summed E-state index contributed by atoms with van der Waals surface area (Å²) in [6.07, 6.45) is 0. The highest BCUT2D eigenvalue weighted by Gasteiger charge is 2.21. The summed E-state index contributed by atoms with van der Waals surface area (Å²) >= 11 is 11.8. The van der Waals surface area contributed by atoms with E-state index in [4.69, 9.17) is 27.7 Å². The first kappa shape index (κ1) is 12.3. The zero-order chi connectivity index (χ0) is 13.6. The Hall–Kier alpha value is -1.78. The van der Waals surface area contributed by atoms with Crippen molar-refractivity contribution in [2.45, 2.75) is 0 Å². The van der Waals surface area contributed by atoms with Crippen LogP contribution in [0.2, 0.25) is 10.0 Å². The van der Waals surface area contributed by atoms with Crippen LogP contribution in [-0.2, 0) is 5.11 Å². The van der Waals surface area contributed by atoms with Gasteiger partial charge in [-0.15, -0.1) is 0 Å². The minimum absolute atomic E-state index is 0.0671. The highest BCUT2D eigenvalue weighted by molar-refractivity contribution is 6.41. The van der Waals surface area contributed by atoms with Gasteiger partial charge in [0.25, 0.3) is 0 Å². The van der Waals surface area contributed by atoms with Crippen molar-refractivity contribution < 1.29 is 14.0 Å². The first-order valence-corrected chi connectivity index (χ1v) is 6.04. The van der Waals surface area contributed by atoms with Crippen LogP contribution in [0.3, 0.4) is 0 Å². The molecule has 0 atom stereocenters. The van der Waals surface area contributed by atoms with Crippen LogP contribution in [0, 0.1) is 5.82 Å². The maximum atomic E-state index is 13.8. The summed E-state index contributed by atoms with van der Waals surface area (Å²) in [5.74, 6) is -0.925. The van der Waals surface area contributed by atoms with Crippen LogP contribution >= 0.6 is 23.2 Å². The van der Waals surface area contributed by atoms with E-state index < -0.39 is 11.6 Å². The van der Waals surface area contributed by atoms with Gasteiger partial charge in [0.05, 0.1) is 10.4 Å². The zero-order valence-electron chi connectivity index (χ0n) is 9.28. The lowest BCUT2D eigenvalue weighted by atomic mass is 10.1. The molecule has 6 heteroatoms. The first-order chi connectivity index (χ1) is 9.09. The summed E-state index contributed by atoms with van der Waals surface area (Å²) in [4.78, 5) is 0. The van der Waals surface area contributed by atoms with Gasteiger partial charge in [0.2, 0.25) is 5.75 Å². The summed E-state index contributed by atoms with van der Waals surface area (Å²) in [5, 5.41) is 15.6. The molecule has 3 nitrogen and oxygen atoms in total. The third kappa shape index (κ3) is 1.84. The number of halogens is 3. The minimum atomic E-state index is -0.463. The highest BCUT2D eigenvalue weighted by Crippen LogP contribution is 2.42. The van der Waals surface area contributed by atoms with Gasteiger partial charge in [-0.25, -0.2) is 4.39 Å². The monoisotopic (exact) mass is 296 g/mol. The lowest BCUT2D eigenvalue weighted by Gasteiger charge is -2.00. The molecule has 0 aliphatic carbocycles. The molecule has 0 aliphatic heterocycles. The Balaban J connectivity index is 2.39. The number of rotatable bonds is 1. The van der Waals surface area contributed by atoms with E-state index in [1.54, 1.807) is 18.2 Å². The Morgan fingerprint density at radius 3 is 2.68 bits per heavy atom. The molecular formula is C13H5Cl2FNO2. The Morgan fingerprint density at radius 1 is 1.21 bits per heavy atom. The maximum Gasteiger partial charge on any atom is 0.202 e. The zero-order valence-corrected chi connectivity index (χ0v) is 10.8. The molecule has 0 saturated heterocycles. The Kier molecular flexibility index (Phi) is 2.84. The fourth-order valence-electron chi connectivity index (χ4n) is 1.86. The van der Waals surface area contributed by atoms with Crippen molar-refractivity contribution in [3.8, 4) is 17.0 Å². The number of hydrogen-bond acceptors (Lipinski definition) is 2. The molecule has 0 aliphatic rings. The first-order valence-electron chi connectivity index (χ1n) is 5.29. The number of fused-ring (bicyclic) bond motifs is 1. The topological polar surface area (TPSA) is 45.9 Å². The van der Waals surface area contributed by atoms with Gasteiger partial charge in [0.15, 0.2) is 5.58 Å². The Bertz CT molecular complexity index is 786. The fraction of sp³-hybridized carbons (Fsp3) is 0. The smallest absolute Gasteiger partial charge is 0.202 e. The molecule has 0 spiro atoms. The standard InChI is InChI=1S/C13H5Cl2FNO2/c14-7-5-9(18)11(15)13-10(7)12(17-19-13)6-3-1-2-4-8(6)16/h1-5H. The van der Waals surface area contributed by atoms with Crippen LogP contribution in [0.5, 0.6) is 5.75 Å². The third-order valence-electron chi connectivity index (χ3n) is 2.73. The Labute approximate surface area is 117 Å². The second kappa shape index (κ2) is 4.40. The molecule has 1 aromatic heterocycles. The number of benzene rings is 2. The van der Waals surface area contributed by atoms with Gasteiger partial charge in [-0.2, -0.15) is 0 Å². The Morgan fingerprint density at radius 2 is 1.95 bits per heavy atom. The van der Waals surface area contributed by atoms with Crippen molar-refractivity contribution in [3.05, 3.63) is 46.2 Å². The van der Waals surface area contributed by atoms with Gasteiger partial charge in [0.1, 0.15) is 16.5 Å². The summed E-state index contributed by atoms with van der Waals surface area (Å²) in [6.45, 7) is 0. The molecular weight excluding hydrogens is 292 g/mol. The summed E-state index contributed by atoms with van der Waals surface area (Å²) in [5.41, 5.74) is 0.523. The van der Waals surface area contributed by atoms with Crippen molar-refractivity contribution in [1.82, 2.24) is 5.16 Å². The largest absolute Gasteiger partial charge is 0.354 e. The predicted octanol–water partition coefficient (Wildman–Crippen LogP) is 5.08. The van der Waals surface area contributed by atoms with Gasteiger partial charge >= 0.3 is 0 Å². The molecule has 0 fully saturated rings. The number of aromatic nitrogens is 1. The van der Waals surface area contributed by atoms with E-state index in [1.807, 2.05) is 0 Å². The molecule has 0 N–H and O–H groups in total. The van der Waals surface area contributed by atoms with Crippen molar-refractivity contribution in [3.63, 3.8) is 0 Å².